The molecule has 38 heavy (non-hydrogen) atoms. The molecule has 0 saturated carbocycles. The maximum absolute atomic E-state index is 13.0. The van der Waals surface area contributed by atoms with Crippen LogP contribution in [0.5, 0.6) is 5.75 Å². The first-order chi connectivity index (χ1) is 18.5. The second kappa shape index (κ2) is 11.2. The van der Waals surface area contributed by atoms with Crippen LogP contribution in [0.1, 0.15) is 49.8 Å². The Hall–Kier alpha value is -4.59. The molecule has 1 aliphatic heterocycles. The van der Waals surface area contributed by atoms with Gasteiger partial charge in [0.05, 0.1) is 35.8 Å². The third-order valence-electron chi connectivity index (χ3n) is 6.48. The third-order valence-corrected chi connectivity index (χ3v) is 6.48. The van der Waals surface area contributed by atoms with E-state index in [0.29, 0.717) is 13.0 Å². The molecule has 1 unspecified atom stereocenters. The Morgan fingerprint density at radius 3 is 2.24 bits per heavy atom. The van der Waals surface area contributed by atoms with E-state index in [2.05, 4.69) is 22.0 Å². The summed E-state index contributed by atoms with van der Waals surface area (Å²) in [5.74, 6) is -0.486. The maximum atomic E-state index is 13.0. The van der Waals surface area contributed by atoms with Crippen LogP contribution in [0.4, 0.5) is 0 Å². The van der Waals surface area contributed by atoms with Crippen LogP contribution in [0.3, 0.4) is 0 Å². The van der Waals surface area contributed by atoms with Gasteiger partial charge in [-0.05, 0) is 47.4 Å². The number of nitrogens with zero attached hydrogens (tertiary/aromatic N) is 4. The maximum Gasteiger partial charge on any atom is 0.303 e. The number of rotatable bonds is 9. The highest BCUT2D eigenvalue weighted by Crippen LogP contribution is 2.35. The van der Waals surface area contributed by atoms with Crippen molar-refractivity contribution in [2.45, 2.75) is 38.6 Å². The Bertz CT molecular complexity index is 1480. The Kier molecular flexibility index (Phi) is 7.40. The summed E-state index contributed by atoms with van der Waals surface area (Å²) >= 11 is 0. The molecule has 0 saturated heterocycles. The zero-order chi connectivity index (χ0) is 26.5. The summed E-state index contributed by atoms with van der Waals surface area (Å²) < 4.78 is 5.68. The van der Waals surface area contributed by atoms with Crippen LogP contribution in [0.25, 0.3) is 22.2 Å². The SMILES string of the molecule is CCCOc1ccc(-c2ccc(C3CC(c4ccc5nccnc5c4)=NN3C(=O)CCC(=O)O)cc2)cc1. The molecule has 1 aliphatic rings. The zero-order valence-electron chi connectivity index (χ0n) is 21.1. The molecule has 1 aromatic heterocycles. The van der Waals surface area contributed by atoms with Crippen molar-refractivity contribution in [2.75, 3.05) is 6.61 Å². The van der Waals surface area contributed by atoms with E-state index < -0.39 is 5.97 Å². The van der Waals surface area contributed by atoms with E-state index in [4.69, 9.17) is 9.84 Å². The number of benzene rings is 3. The van der Waals surface area contributed by atoms with E-state index in [9.17, 15) is 9.59 Å². The average Bonchev–Trinajstić information content (AvgIpc) is 3.41. The molecule has 0 spiro atoms. The van der Waals surface area contributed by atoms with Gasteiger partial charge < -0.3 is 9.84 Å². The number of ether oxygens (including phenoxy) is 1. The number of aromatic nitrogens is 2. The molecule has 0 aliphatic carbocycles. The summed E-state index contributed by atoms with van der Waals surface area (Å²) in [6.45, 7) is 2.76. The first-order valence-corrected chi connectivity index (χ1v) is 12.7. The molecule has 4 aromatic rings. The van der Waals surface area contributed by atoms with Crippen molar-refractivity contribution in [3.8, 4) is 16.9 Å². The van der Waals surface area contributed by atoms with Crippen LogP contribution in [0, 0.1) is 0 Å². The van der Waals surface area contributed by atoms with Gasteiger partial charge in [-0.15, -0.1) is 0 Å². The first kappa shape index (κ1) is 25.1. The van der Waals surface area contributed by atoms with Crippen LogP contribution in [0.15, 0.2) is 84.2 Å². The summed E-state index contributed by atoms with van der Waals surface area (Å²) in [7, 11) is 0. The van der Waals surface area contributed by atoms with E-state index in [1.54, 1.807) is 12.4 Å². The van der Waals surface area contributed by atoms with Gasteiger partial charge >= 0.3 is 5.97 Å². The number of carbonyl (C=O) groups excluding carboxylic acids is 1. The fraction of sp³-hybridized carbons (Fsp3) is 0.233. The van der Waals surface area contributed by atoms with E-state index >= 15 is 0 Å². The van der Waals surface area contributed by atoms with Crippen molar-refractivity contribution >= 4 is 28.6 Å². The standard InChI is InChI=1S/C30H28N4O4/c1-2-17-38-24-10-7-21(8-11-24)20-3-5-22(6-4-20)28-19-26(33-34(28)29(35)13-14-30(36)37)23-9-12-25-27(18-23)32-16-15-31-25/h3-12,15-16,18,28H,2,13-14,17,19H2,1H3,(H,36,37). The van der Waals surface area contributed by atoms with Gasteiger partial charge in [0, 0.05) is 30.8 Å². The normalized spacial score (nSPS) is 14.9. The number of amides is 1. The van der Waals surface area contributed by atoms with Gasteiger partial charge in [-0.2, -0.15) is 5.10 Å². The lowest BCUT2D eigenvalue weighted by Crippen LogP contribution is -2.27. The quantitative estimate of drug-likeness (QED) is 0.314. The van der Waals surface area contributed by atoms with Gasteiger partial charge in [-0.1, -0.05) is 49.4 Å². The smallest absolute Gasteiger partial charge is 0.303 e. The van der Waals surface area contributed by atoms with Crippen molar-refractivity contribution in [1.82, 2.24) is 15.0 Å². The molecule has 8 heteroatoms. The number of fused-ring (bicyclic) bond motifs is 1. The van der Waals surface area contributed by atoms with Gasteiger partial charge in [0.25, 0.3) is 0 Å². The Balaban J connectivity index is 1.40. The molecule has 5 rings (SSSR count). The first-order valence-electron chi connectivity index (χ1n) is 12.7. The van der Waals surface area contributed by atoms with Crippen molar-refractivity contribution in [3.05, 3.63) is 90.3 Å². The van der Waals surface area contributed by atoms with Crippen LogP contribution in [-0.2, 0) is 9.59 Å². The summed E-state index contributed by atoms with van der Waals surface area (Å²) in [5, 5.41) is 15.2. The van der Waals surface area contributed by atoms with Crippen LogP contribution in [0.2, 0.25) is 0 Å². The van der Waals surface area contributed by atoms with Crippen LogP contribution in [-0.4, -0.2) is 44.3 Å². The largest absolute Gasteiger partial charge is 0.494 e. The molecule has 0 bridgehead atoms. The van der Waals surface area contributed by atoms with Crippen LogP contribution >= 0.6 is 0 Å². The number of hydrogen-bond acceptors (Lipinski definition) is 6. The number of carboxylic acid groups (broad SMARTS) is 1. The van der Waals surface area contributed by atoms with Crippen molar-refractivity contribution < 1.29 is 19.4 Å². The molecule has 2 heterocycles. The number of hydrazone groups is 1. The highest BCUT2D eigenvalue weighted by atomic mass is 16.5. The summed E-state index contributed by atoms with van der Waals surface area (Å²) in [6, 6.07) is 21.4. The van der Waals surface area contributed by atoms with Crippen molar-refractivity contribution in [1.29, 1.82) is 0 Å². The minimum atomic E-state index is -1.01. The van der Waals surface area contributed by atoms with E-state index in [-0.39, 0.29) is 24.8 Å². The minimum absolute atomic E-state index is 0.115. The van der Waals surface area contributed by atoms with E-state index in [0.717, 1.165) is 51.2 Å². The molecule has 8 nitrogen and oxygen atoms in total. The summed E-state index contributed by atoms with van der Waals surface area (Å²) in [4.78, 5) is 32.8. The Morgan fingerprint density at radius 2 is 1.55 bits per heavy atom. The molecule has 1 N–H and O–H groups in total. The van der Waals surface area contributed by atoms with Crippen molar-refractivity contribution in [2.24, 2.45) is 5.10 Å². The lowest BCUT2D eigenvalue weighted by molar-refractivity contribution is -0.141. The predicted octanol–water partition coefficient (Wildman–Crippen LogP) is 5.63. The lowest BCUT2D eigenvalue weighted by atomic mass is 9.96. The Labute approximate surface area is 220 Å². The fourth-order valence-corrected chi connectivity index (χ4v) is 4.51. The summed E-state index contributed by atoms with van der Waals surface area (Å²) in [5.41, 5.74) is 6.18. The third kappa shape index (κ3) is 5.54. The second-order valence-electron chi connectivity index (χ2n) is 9.15. The topological polar surface area (TPSA) is 105 Å². The molecular weight excluding hydrogens is 480 g/mol. The van der Waals surface area contributed by atoms with Gasteiger partial charge in [0.1, 0.15) is 5.75 Å². The molecule has 1 atom stereocenters. The number of carboxylic acids is 1. The fourth-order valence-electron chi connectivity index (χ4n) is 4.51. The predicted molar refractivity (Wildman–Crippen MR) is 145 cm³/mol. The van der Waals surface area contributed by atoms with Gasteiger partial charge in [-0.3, -0.25) is 19.6 Å². The lowest BCUT2D eigenvalue weighted by Gasteiger charge is -2.22. The second-order valence-corrected chi connectivity index (χ2v) is 9.15. The van der Waals surface area contributed by atoms with E-state index in [1.807, 2.05) is 66.7 Å². The summed E-state index contributed by atoms with van der Waals surface area (Å²) in [6.07, 6.45) is 4.40. The van der Waals surface area contributed by atoms with Crippen molar-refractivity contribution in [3.63, 3.8) is 0 Å². The number of carbonyl (C=O) groups is 2. The highest BCUT2D eigenvalue weighted by Gasteiger charge is 2.33. The molecule has 0 fully saturated rings. The number of hydrogen-bond donors (Lipinski definition) is 1. The highest BCUT2D eigenvalue weighted by molar-refractivity contribution is 6.05. The minimum Gasteiger partial charge on any atom is -0.494 e. The molecular formula is C30H28N4O4. The molecule has 192 valence electrons. The zero-order valence-corrected chi connectivity index (χ0v) is 21.1. The van der Waals surface area contributed by atoms with Gasteiger partial charge in [-0.25, -0.2) is 5.01 Å². The Morgan fingerprint density at radius 1 is 0.895 bits per heavy atom. The molecule has 3 aromatic carbocycles. The van der Waals surface area contributed by atoms with Crippen LogP contribution < -0.4 is 4.74 Å². The molecule has 1 amide bonds. The average molecular weight is 509 g/mol. The van der Waals surface area contributed by atoms with E-state index in [1.165, 1.54) is 5.01 Å². The molecule has 0 radical (unpaired) electrons. The van der Waals surface area contributed by atoms with Gasteiger partial charge in [0.15, 0.2) is 0 Å². The monoisotopic (exact) mass is 508 g/mol. The number of aliphatic carboxylic acids is 1. The van der Waals surface area contributed by atoms with Gasteiger partial charge in [0.2, 0.25) is 5.91 Å².